The molecule has 17 heavy (non-hydrogen) atoms. The van der Waals surface area contributed by atoms with Crippen molar-refractivity contribution in [1.29, 1.82) is 0 Å². The number of nitrogens with two attached hydrogens (primary N) is 1. The number of anilines is 1. The van der Waals surface area contributed by atoms with Gasteiger partial charge in [0.25, 0.3) is 0 Å². The molecule has 2 heterocycles. The van der Waals surface area contributed by atoms with E-state index in [1.54, 1.807) is 6.20 Å². The molecule has 0 saturated carbocycles. The van der Waals surface area contributed by atoms with Crippen molar-refractivity contribution in [2.45, 2.75) is 19.8 Å². The van der Waals surface area contributed by atoms with Crippen LogP contribution in [0.3, 0.4) is 0 Å². The summed E-state index contributed by atoms with van der Waals surface area (Å²) >= 11 is 5.90. The largest absolute Gasteiger partial charge is 0.371 e. The number of hydrogen-bond acceptors (Lipinski definition) is 3. The number of primary amides is 1. The number of halogens is 1. The quantitative estimate of drug-likeness (QED) is 0.817. The van der Waals surface area contributed by atoms with Crippen molar-refractivity contribution in [3.63, 3.8) is 0 Å². The Morgan fingerprint density at radius 3 is 2.76 bits per heavy atom. The lowest BCUT2D eigenvalue weighted by atomic mass is 9.96. The Hall–Kier alpha value is -1.29. The van der Waals surface area contributed by atoms with Gasteiger partial charge in [0.15, 0.2) is 0 Å². The van der Waals surface area contributed by atoms with E-state index < -0.39 is 0 Å². The summed E-state index contributed by atoms with van der Waals surface area (Å²) in [4.78, 5) is 17.4. The van der Waals surface area contributed by atoms with Crippen LogP contribution >= 0.6 is 11.6 Å². The lowest BCUT2D eigenvalue weighted by Gasteiger charge is -2.33. The number of amides is 1. The molecule has 0 radical (unpaired) electrons. The summed E-state index contributed by atoms with van der Waals surface area (Å²) in [6.07, 6.45) is 3.40. The first-order valence-corrected chi connectivity index (χ1v) is 6.12. The van der Waals surface area contributed by atoms with Crippen LogP contribution in [0.5, 0.6) is 0 Å². The third kappa shape index (κ3) is 2.69. The second-order valence-corrected chi connectivity index (χ2v) is 4.84. The number of aryl methyl sites for hydroxylation is 1. The number of piperidine rings is 1. The highest BCUT2D eigenvalue weighted by Crippen LogP contribution is 2.27. The van der Waals surface area contributed by atoms with Gasteiger partial charge in [0.05, 0.1) is 0 Å². The molecule has 1 saturated heterocycles. The van der Waals surface area contributed by atoms with Crippen molar-refractivity contribution in [2.75, 3.05) is 18.0 Å². The third-order valence-corrected chi connectivity index (χ3v) is 3.49. The van der Waals surface area contributed by atoms with E-state index in [2.05, 4.69) is 9.88 Å². The molecule has 1 aromatic heterocycles. The Morgan fingerprint density at radius 2 is 2.18 bits per heavy atom. The van der Waals surface area contributed by atoms with E-state index in [1.807, 2.05) is 13.0 Å². The molecule has 2 rings (SSSR count). The Labute approximate surface area is 106 Å². The summed E-state index contributed by atoms with van der Waals surface area (Å²) in [7, 11) is 0. The molecule has 0 aliphatic carbocycles. The van der Waals surface area contributed by atoms with Gasteiger partial charge in [-0.2, -0.15) is 0 Å². The number of rotatable bonds is 2. The van der Waals surface area contributed by atoms with Crippen LogP contribution in [0.25, 0.3) is 0 Å². The van der Waals surface area contributed by atoms with Gasteiger partial charge in [-0.15, -0.1) is 0 Å². The Morgan fingerprint density at radius 1 is 1.53 bits per heavy atom. The molecule has 5 heteroatoms. The Balaban J connectivity index is 2.10. The zero-order valence-corrected chi connectivity index (χ0v) is 10.6. The predicted molar refractivity (Wildman–Crippen MR) is 68.1 cm³/mol. The van der Waals surface area contributed by atoms with Crippen molar-refractivity contribution >= 4 is 23.2 Å². The molecule has 1 amide bonds. The average molecular weight is 254 g/mol. The first-order valence-electron chi connectivity index (χ1n) is 5.74. The molecule has 1 aliphatic heterocycles. The number of carbonyl (C=O) groups excluding carboxylic acids is 1. The van der Waals surface area contributed by atoms with Crippen molar-refractivity contribution in [3.05, 3.63) is 23.0 Å². The molecule has 0 unspecified atom stereocenters. The van der Waals surface area contributed by atoms with Gasteiger partial charge in [0, 0.05) is 30.9 Å². The highest BCUT2D eigenvalue weighted by Gasteiger charge is 2.24. The molecule has 0 spiro atoms. The second-order valence-electron chi connectivity index (χ2n) is 4.46. The normalized spacial score (nSPS) is 17.2. The summed E-state index contributed by atoms with van der Waals surface area (Å²) in [5.41, 5.74) is 7.52. The van der Waals surface area contributed by atoms with E-state index in [9.17, 15) is 4.79 Å². The number of carbonyl (C=O) groups is 1. The van der Waals surface area contributed by atoms with E-state index in [0.29, 0.717) is 5.15 Å². The van der Waals surface area contributed by atoms with E-state index in [0.717, 1.165) is 37.2 Å². The fourth-order valence-corrected chi connectivity index (χ4v) is 2.39. The molecule has 1 fully saturated rings. The zero-order chi connectivity index (χ0) is 12.4. The van der Waals surface area contributed by atoms with Crippen LogP contribution in [0.4, 0.5) is 5.69 Å². The highest BCUT2D eigenvalue weighted by molar-refractivity contribution is 6.29. The van der Waals surface area contributed by atoms with Crippen LogP contribution in [0, 0.1) is 12.8 Å². The maximum absolute atomic E-state index is 11.1. The van der Waals surface area contributed by atoms with Crippen molar-refractivity contribution < 1.29 is 4.79 Å². The van der Waals surface area contributed by atoms with Crippen LogP contribution in [-0.4, -0.2) is 24.0 Å². The summed E-state index contributed by atoms with van der Waals surface area (Å²) in [5, 5.41) is 0.502. The van der Waals surface area contributed by atoms with Crippen LogP contribution in [0.1, 0.15) is 18.4 Å². The lowest BCUT2D eigenvalue weighted by Crippen LogP contribution is -2.38. The Bertz CT molecular complexity index is 428. The number of aromatic nitrogens is 1. The van der Waals surface area contributed by atoms with Crippen LogP contribution in [-0.2, 0) is 4.79 Å². The predicted octanol–water partition coefficient (Wildman–Crippen LogP) is 1.75. The third-order valence-electron chi connectivity index (χ3n) is 3.28. The molecular weight excluding hydrogens is 238 g/mol. The first kappa shape index (κ1) is 12.2. The molecule has 1 aliphatic rings. The van der Waals surface area contributed by atoms with Gasteiger partial charge in [-0.3, -0.25) is 4.79 Å². The minimum Gasteiger partial charge on any atom is -0.371 e. The summed E-state index contributed by atoms with van der Waals surface area (Å²) < 4.78 is 0. The maximum Gasteiger partial charge on any atom is 0.220 e. The van der Waals surface area contributed by atoms with Gasteiger partial charge < -0.3 is 10.6 Å². The number of pyridine rings is 1. The van der Waals surface area contributed by atoms with E-state index in [4.69, 9.17) is 17.3 Å². The molecule has 4 nitrogen and oxygen atoms in total. The number of nitrogens with zero attached hydrogens (tertiary/aromatic N) is 2. The zero-order valence-electron chi connectivity index (χ0n) is 9.82. The van der Waals surface area contributed by atoms with Crippen LogP contribution in [0.15, 0.2) is 12.3 Å². The lowest BCUT2D eigenvalue weighted by molar-refractivity contribution is -0.122. The fourth-order valence-electron chi connectivity index (χ4n) is 2.23. The minimum absolute atomic E-state index is 0.0175. The average Bonchev–Trinajstić information content (AvgIpc) is 2.32. The summed E-state index contributed by atoms with van der Waals surface area (Å²) in [6, 6.07) is 1.88. The van der Waals surface area contributed by atoms with Gasteiger partial charge in [-0.25, -0.2) is 4.98 Å². The van der Waals surface area contributed by atoms with Crippen molar-refractivity contribution in [2.24, 2.45) is 11.7 Å². The molecule has 0 aromatic carbocycles. The second kappa shape index (κ2) is 4.92. The topological polar surface area (TPSA) is 59.2 Å². The highest BCUT2D eigenvalue weighted by atomic mass is 35.5. The molecule has 0 bridgehead atoms. The minimum atomic E-state index is -0.186. The van der Waals surface area contributed by atoms with Gasteiger partial charge in [-0.1, -0.05) is 11.6 Å². The first-order chi connectivity index (χ1) is 8.08. The van der Waals surface area contributed by atoms with E-state index >= 15 is 0 Å². The van der Waals surface area contributed by atoms with Crippen LogP contribution in [0.2, 0.25) is 5.15 Å². The van der Waals surface area contributed by atoms with Crippen molar-refractivity contribution in [1.82, 2.24) is 4.98 Å². The molecule has 1 aromatic rings. The smallest absolute Gasteiger partial charge is 0.220 e. The van der Waals surface area contributed by atoms with Crippen molar-refractivity contribution in [3.8, 4) is 0 Å². The van der Waals surface area contributed by atoms with Gasteiger partial charge >= 0.3 is 0 Å². The summed E-state index contributed by atoms with van der Waals surface area (Å²) in [5.74, 6) is -0.169. The molecular formula is C12H16ClN3O. The monoisotopic (exact) mass is 253 g/mol. The molecule has 2 N–H and O–H groups in total. The molecule has 0 atom stereocenters. The molecule has 92 valence electrons. The van der Waals surface area contributed by atoms with Crippen LogP contribution < -0.4 is 10.6 Å². The standard InChI is InChI=1S/C12H16ClN3O/c1-8-7-15-11(13)6-10(8)16-4-2-9(3-5-16)12(14)17/h6-7,9H,2-5H2,1H3,(H2,14,17). The van der Waals surface area contributed by atoms with Gasteiger partial charge in [0.1, 0.15) is 5.15 Å². The number of hydrogen-bond donors (Lipinski definition) is 1. The SMILES string of the molecule is Cc1cnc(Cl)cc1N1CCC(C(N)=O)CC1. The maximum atomic E-state index is 11.1. The van der Waals surface area contributed by atoms with E-state index in [-0.39, 0.29) is 11.8 Å². The van der Waals surface area contributed by atoms with Gasteiger partial charge in [-0.05, 0) is 31.4 Å². The van der Waals surface area contributed by atoms with Gasteiger partial charge in [0.2, 0.25) is 5.91 Å². The Kier molecular flexibility index (Phi) is 3.52. The fraction of sp³-hybridized carbons (Fsp3) is 0.500. The van der Waals surface area contributed by atoms with E-state index in [1.165, 1.54) is 0 Å². The summed E-state index contributed by atoms with van der Waals surface area (Å²) in [6.45, 7) is 3.70.